The molecule has 11 heteroatoms. The van der Waals surface area contributed by atoms with Gasteiger partial charge in [0, 0.05) is 48.4 Å². The molecule has 3 aromatic heterocycles. The van der Waals surface area contributed by atoms with Gasteiger partial charge >= 0.3 is 6.09 Å². The Bertz CT molecular complexity index is 1390. The van der Waals surface area contributed by atoms with Crippen LogP contribution in [0.25, 0.3) is 27.7 Å². The Kier molecular flexibility index (Phi) is 5.78. The second-order valence-corrected chi connectivity index (χ2v) is 8.54. The number of carbonyl (C=O) groups excluding carboxylic acids is 1. The van der Waals surface area contributed by atoms with Crippen molar-refractivity contribution in [1.82, 2.24) is 29.8 Å². The number of likely N-dealkylation sites (tertiary alicyclic amines) is 1. The SMILES string of the molecule is Bc1c(CNC2CCN(C(=O)OC)CC2)nc2c(-c3cnc4ccc(F)cc4c3)cnn2c1N. The van der Waals surface area contributed by atoms with Gasteiger partial charge in [0.25, 0.3) is 0 Å². The molecule has 0 atom stereocenters. The summed E-state index contributed by atoms with van der Waals surface area (Å²) < 4.78 is 20.2. The van der Waals surface area contributed by atoms with E-state index < -0.39 is 0 Å². The van der Waals surface area contributed by atoms with E-state index in [4.69, 9.17) is 15.5 Å². The topological polar surface area (TPSA) is 111 Å². The Hall–Kier alpha value is -3.73. The summed E-state index contributed by atoms with van der Waals surface area (Å²) in [4.78, 5) is 22.8. The number of nitrogens with two attached hydrogens (primary N) is 1. The standard InChI is InChI=1S/C23H25BFN7O2/c1-34-23(33)31-6-4-16(5-7-31)27-12-19-20(24)21(26)32-22(30-19)17(11-29-32)14-8-13-9-15(25)2-3-18(13)28-10-14/h2-3,8-11,16,27H,4-7,12,24,26H2,1H3. The zero-order valence-electron chi connectivity index (χ0n) is 19.1. The highest BCUT2D eigenvalue weighted by Gasteiger charge is 2.23. The molecule has 0 spiro atoms. The first kappa shape index (κ1) is 22.1. The van der Waals surface area contributed by atoms with Crippen molar-refractivity contribution in [2.24, 2.45) is 0 Å². The molecule has 0 bridgehead atoms. The molecular weight excluding hydrogens is 436 g/mol. The lowest BCUT2D eigenvalue weighted by atomic mass is 9.93. The van der Waals surface area contributed by atoms with Gasteiger partial charge < -0.3 is 20.7 Å². The molecule has 4 aromatic rings. The maximum atomic E-state index is 13.7. The fraction of sp³-hybridized carbons (Fsp3) is 0.304. The summed E-state index contributed by atoms with van der Waals surface area (Å²) in [6, 6.07) is 6.66. The first-order chi connectivity index (χ1) is 16.4. The minimum Gasteiger partial charge on any atom is -0.453 e. The molecule has 174 valence electrons. The van der Waals surface area contributed by atoms with Gasteiger partial charge in [-0.1, -0.05) is 0 Å². The van der Waals surface area contributed by atoms with Crippen molar-refractivity contribution in [2.75, 3.05) is 25.9 Å². The number of methoxy groups -OCH3 is 1. The number of pyridine rings is 1. The molecule has 1 saturated heterocycles. The minimum absolute atomic E-state index is 0.267. The van der Waals surface area contributed by atoms with Gasteiger partial charge in [0.15, 0.2) is 5.65 Å². The molecule has 1 aromatic carbocycles. The van der Waals surface area contributed by atoms with Gasteiger partial charge in [0.1, 0.15) is 19.5 Å². The number of amides is 1. The van der Waals surface area contributed by atoms with Crippen molar-refractivity contribution in [1.29, 1.82) is 0 Å². The first-order valence-electron chi connectivity index (χ1n) is 11.2. The van der Waals surface area contributed by atoms with E-state index in [1.807, 2.05) is 13.9 Å². The van der Waals surface area contributed by atoms with Crippen LogP contribution in [0.15, 0.2) is 36.7 Å². The van der Waals surface area contributed by atoms with Crippen molar-refractivity contribution >= 4 is 41.8 Å². The lowest BCUT2D eigenvalue weighted by Crippen LogP contribution is -2.45. The summed E-state index contributed by atoms with van der Waals surface area (Å²) in [6.45, 7) is 1.85. The van der Waals surface area contributed by atoms with E-state index in [2.05, 4.69) is 15.4 Å². The quantitative estimate of drug-likeness (QED) is 0.440. The van der Waals surface area contributed by atoms with E-state index in [0.717, 1.165) is 35.1 Å². The molecule has 1 aliphatic heterocycles. The van der Waals surface area contributed by atoms with Crippen molar-refractivity contribution < 1.29 is 13.9 Å². The Morgan fingerprint density at radius 3 is 2.85 bits per heavy atom. The fourth-order valence-electron chi connectivity index (χ4n) is 4.41. The molecule has 0 saturated carbocycles. The van der Waals surface area contributed by atoms with E-state index >= 15 is 0 Å². The first-order valence-corrected chi connectivity index (χ1v) is 11.2. The zero-order chi connectivity index (χ0) is 23.8. The third-order valence-electron chi connectivity index (χ3n) is 6.47. The summed E-state index contributed by atoms with van der Waals surface area (Å²) in [6.07, 6.45) is 4.84. The number of nitrogens with zero attached hydrogens (tertiary/aromatic N) is 5. The van der Waals surface area contributed by atoms with E-state index in [1.165, 1.54) is 19.2 Å². The van der Waals surface area contributed by atoms with Gasteiger partial charge in [-0.25, -0.2) is 14.2 Å². The van der Waals surface area contributed by atoms with E-state index in [-0.39, 0.29) is 18.0 Å². The van der Waals surface area contributed by atoms with Crippen LogP contribution in [0.2, 0.25) is 0 Å². The van der Waals surface area contributed by atoms with Crippen LogP contribution >= 0.6 is 0 Å². The van der Waals surface area contributed by atoms with Crippen molar-refractivity contribution in [3.05, 3.63) is 48.2 Å². The van der Waals surface area contributed by atoms with Crippen molar-refractivity contribution in [3.63, 3.8) is 0 Å². The summed E-state index contributed by atoms with van der Waals surface area (Å²) in [5, 5.41) is 8.69. The second-order valence-electron chi connectivity index (χ2n) is 8.54. The molecule has 5 rings (SSSR count). The van der Waals surface area contributed by atoms with Gasteiger partial charge in [0.2, 0.25) is 0 Å². The van der Waals surface area contributed by atoms with Crippen LogP contribution in [0.3, 0.4) is 0 Å². The Labute approximate surface area is 196 Å². The van der Waals surface area contributed by atoms with E-state index in [0.29, 0.717) is 42.0 Å². The number of aromatic nitrogens is 4. The summed E-state index contributed by atoms with van der Waals surface area (Å²) >= 11 is 0. The number of nitrogens with one attached hydrogen (secondary N) is 1. The van der Waals surface area contributed by atoms with E-state index in [1.54, 1.807) is 27.9 Å². The number of benzene rings is 1. The molecule has 1 fully saturated rings. The minimum atomic E-state index is -0.310. The number of carbonyl (C=O) groups is 1. The number of anilines is 1. The summed E-state index contributed by atoms with van der Waals surface area (Å²) in [7, 11) is 3.33. The molecular formula is C23H25BFN7O2. The number of nitrogen functional groups attached to an aromatic ring is 1. The summed E-state index contributed by atoms with van der Waals surface area (Å²) in [5.74, 6) is 0.212. The van der Waals surface area contributed by atoms with Crippen molar-refractivity contribution in [3.8, 4) is 11.1 Å². The Morgan fingerprint density at radius 1 is 1.29 bits per heavy atom. The Balaban J connectivity index is 1.41. The van der Waals surface area contributed by atoms with Gasteiger partial charge in [-0.2, -0.15) is 9.61 Å². The van der Waals surface area contributed by atoms with Crippen molar-refractivity contribution in [2.45, 2.75) is 25.4 Å². The van der Waals surface area contributed by atoms with Crippen LogP contribution in [0.5, 0.6) is 0 Å². The zero-order valence-corrected chi connectivity index (χ0v) is 19.1. The van der Waals surface area contributed by atoms with Gasteiger partial charge in [-0.15, -0.1) is 0 Å². The molecule has 1 aliphatic rings. The lowest BCUT2D eigenvalue weighted by Gasteiger charge is -2.31. The maximum Gasteiger partial charge on any atom is 0.409 e. The summed E-state index contributed by atoms with van der Waals surface area (Å²) in [5.41, 5.74) is 11.0. The molecule has 0 radical (unpaired) electrons. The predicted octanol–water partition coefficient (Wildman–Crippen LogP) is 1.24. The van der Waals surface area contributed by atoms with Gasteiger partial charge in [-0.3, -0.25) is 4.98 Å². The van der Waals surface area contributed by atoms with Crippen LogP contribution in [-0.4, -0.2) is 64.7 Å². The number of halogens is 1. The number of hydrogen-bond acceptors (Lipinski definition) is 7. The second kappa shape index (κ2) is 8.90. The fourth-order valence-corrected chi connectivity index (χ4v) is 4.41. The lowest BCUT2D eigenvalue weighted by molar-refractivity contribution is 0.109. The van der Waals surface area contributed by atoms with E-state index in [9.17, 15) is 9.18 Å². The molecule has 0 unspecified atom stereocenters. The molecule has 3 N–H and O–H groups in total. The third kappa shape index (κ3) is 4.03. The normalized spacial score (nSPS) is 14.7. The number of fused-ring (bicyclic) bond motifs is 2. The van der Waals surface area contributed by atoms with Crippen LogP contribution in [0.1, 0.15) is 18.5 Å². The number of rotatable bonds is 4. The molecule has 9 nitrogen and oxygen atoms in total. The predicted molar refractivity (Wildman–Crippen MR) is 130 cm³/mol. The number of piperidine rings is 1. The average molecular weight is 461 g/mol. The maximum absolute atomic E-state index is 13.7. The monoisotopic (exact) mass is 461 g/mol. The van der Waals surface area contributed by atoms with Crippen LogP contribution in [-0.2, 0) is 11.3 Å². The van der Waals surface area contributed by atoms with Gasteiger partial charge in [0.05, 0.1) is 24.5 Å². The van der Waals surface area contributed by atoms with Crippen LogP contribution < -0.4 is 16.5 Å². The molecule has 1 amide bonds. The van der Waals surface area contributed by atoms with Crippen LogP contribution in [0, 0.1) is 5.82 Å². The largest absolute Gasteiger partial charge is 0.453 e. The number of hydrogen-bond donors (Lipinski definition) is 2. The third-order valence-corrected chi connectivity index (χ3v) is 6.47. The highest BCUT2D eigenvalue weighted by atomic mass is 19.1. The highest BCUT2D eigenvalue weighted by molar-refractivity contribution is 6.36. The van der Waals surface area contributed by atoms with Gasteiger partial charge in [-0.05, 0) is 42.6 Å². The molecule has 4 heterocycles. The smallest absolute Gasteiger partial charge is 0.409 e. The highest BCUT2D eigenvalue weighted by Crippen LogP contribution is 2.27. The molecule has 34 heavy (non-hydrogen) atoms. The van der Waals surface area contributed by atoms with Crippen LogP contribution in [0.4, 0.5) is 15.0 Å². The molecule has 0 aliphatic carbocycles. The average Bonchev–Trinajstić information content (AvgIpc) is 3.28. The number of ether oxygens (including phenoxy) is 1. The Morgan fingerprint density at radius 2 is 2.09 bits per heavy atom.